The SMILES string of the molecule is CC(C)c1c(OP(O)O)cc(-c2cc(F)c3cnc(N)nc3c2)cc1OP(=O)(O)O. The van der Waals surface area contributed by atoms with Crippen LogP contribution in [0.3, 0.4) is 0 Å². The Kier molecular flexibility index (Phi) is 6.24. The molecule has 160 valence electrons. The van der Waals surface area contributed by atoms with E-state index in [0.717, 1.165) is 6.07 Å². The van der Waals surface area contributed by atoms with E-state index in [1.807, 2.05) is 0 Å². The van der Waals surface area contributed by atoms with E-state index in [2.05, 4.69) is 9.97 Å². The van der Waals surface area contributed by atoms with Gasteiger partial charge in [0.25, 0.3) is 0 Å². The molecule has 3 rings (SSSR count). The molecule has 10 nitrogen and oxygen atoms in total. The molecule has 6 N–H and O–H groups in total. The third-order valence-corrected chi connectivity index (χ3v) is 4.88. The molecule has 0 amide bonds. The molecule has 0 aliphatic carbocycles. The quantitative estimate of drug-likeness (QED) is 0.347. The number of nitrogens with zero attached hydrogens (tertiary/aromatic N) is 2. The molecule has 0 fully saturated rings. The highest BCUT2D eigenvalue weighted by Gasteiger charge is 2.25. The molecule has 0 radical (unpaired) electrons. The van der Waals surface area contributed by atoms with Gasteiger partial charge in [0.05, 0.1) is 10.9 Å². The summed E-state index contributed by atoms with van der Waals surface area (Å²) in [7, 11) is -7.81. The van der Waals surface area contributed by atoms with Gasteiger partial charge < -0.3 is 24.6 Å². The van der Waals surface area contributed by atoms with Crippen LogP contribution in [0, 0.1) is 5.82 Å². The minimum Gasteiger partial charge on any atom is -0.427 e. The van der Waals surface area contributed by atoms with Crippen LogP contribution in [0.15, 0.2) is 30.5 Å². The van der Waals surface area contributed by atoms with E-state index in [0.29, 0.717) is 0 Å². The Morgan fingerprint density at radius 3 is 2.37 bits per heavy atom. The van der Waals surface area contributed by atoms with E-state index in [-0.39, 0.29) is 51.0 Å². The lowest BCUT2D eigenvalue weighted by Crippen LogP contribution is -2.02. The van der Waals surface area contributed by atoms with Gasteiger partial charge in [0.1, 0.15) is 17.3 Å². The average Bonchev–Trinajstić information content (AvgIpc) is 2.58. The molecule has 30 heavy (non-hydrogen) atoms. The van der Waals surface area contributed by atoms with Crippen LogP contribution in [0.1, 0.15) is 25.3 Å². The minimum absolute atomic E-state index is 0.0602. The summed E-state index contributed by atoms with van der Waals surface area (Å²) in [6, 6.07) is 5.34. The Hall–Kier alpha value is -2.39. The number of benzene rings is 2. The molecule has 1 aromatic heterocycles. The maximum atomic E-state index is 14.6. The van der Waals surface area contributed by atoms with Gasteiger partial charge in [-0.05, 0) is 41.3 Å². The number of aromatic nitrogens is 2. The zero-order valence-corrected chi connectivity index (χ0v) is 17.5. The van der Waals surface area contributed by atoms with Crippen molar-refractivity contribution in [1.82, 2.24) is 9.97 Å². The van der Waals surface area contributed by atoms with Crippen molar-refractivity contribution in [3.8, 4) is 22.6 Å². The second kappa shape index (κ2) is 8.39. The number of nitrogens with two attached hydrogens (primary N) is 1. The van der Waals surface area contributed by atoms with Crippen molar-refractivity contribution in [1.29, 1.82) is 0 Å². The summed E-state index contributed by atoms with van der Waals surface area (Å²) >= 11 is 0. The number of phosphoric acid groups is 1. The normalized spacial score (nSPS) is 12.0. The number of anilines is 1. The molecule has 0 spiro atoms. The van der Waals surface area contributed by atoms with Gasteiger partial charge in [-0.25, -0.2) is 18.9 Å². The second-order valence-corrected chi connectivity index (χ2v) is 8.44. The fraction of sp³-hybridized carbons (Fsp3) is 0.176. The van der Waals surface area contributed by atoms with Gasteiger partial charge in [0, 0.05) is 11.8 Å². The Morgan fingerprint density at radius 2 is 1.77 bits per heavy atom. The van der Waals surface area contributed by atoms with Crippen molar-refractivity contribution in [3.63, 3.8) is 0 Å². The Labute approximate surface area is 171 Å². The van der Waals surface area contributed by atoms with E-state index in [1.165, 1.54) is 24.4 Å². The smallest absolute Gasteiger partial charge is 0.427 e. The molecule has 0 aliphatic rings. The zero-order valence-electron chi connectivity index (χ0n) is 15.7. The summed E-state index contributed by atoms with van der Waals surface area (Å²) in [5.74, 6) is -1.40. The molecule has 0 saturated heterocycles. The average molecular weight is 457 g/mol. The van der Waals surface area contributed by atoms with Gasteiger partial charge in [0.15, 0.2) is 0 Å². The van der Waals surface area contributed by atoms with E-state index >= 15 is 0 Å². The molecular weight excluding hydrogens is 439 g/mol. The lowest BCUT2D eigenvalue weighted by molar-refractivity contribution is 0.281. The summed E-state index contributed by atoms with van der Waals surface area (Å²) in [4.78, 5) is 45.0. The van der Waals surface area contributed by atoms with Gasteiger partial charge in [-0.1, -0.05) is 13.8 Å². The lowest BCUT2D eigenvalue weighted by Gasteiger charge is -2.20. The Bertz CT molecular complexity index is 1150. The maximum absolute atomic E-state index is 14.6. The minimum atomic E-state index is -4.96. The van der Waals surface area contributed by atoms with Crippen molar-refractivity contribution >= 4 is 33.3 Å². The van der Waals surface area contributed by atoms with Crippen LogP contribution in [-0.4, -0.2) is 29.5 Å². The van der Waals surface area contributed by atoms with Gasteiger partial charge in [0.2, 0.25) is 5.95 Å². The summed E-state index contributed by atoms with van der Waals surface area (Å²) < 4.78 is 35.9. The van der Waals surface area contributed by atoms with Gasteiger partial charge in [-0.15, -0.1) is 0 Å². The fourth-order valence-electron chi connectivity index (χ4n) is 2.98. The van der Waals surface area contributed by atoms with Crippen LogP contribution >= 0.6 is 16.4 Å². The number of hydrogen-bond acceptors (Lipinski definition) is 8. The van der Waals surface area contributed by atoms with E-state index in [1.54, 1.807) is 13.8 Å². The standard InChI is InChI=1S/C17H18FN3O7P2/c1-8(2)16-14(27-29(22)23)5-10(6-15(16)28-30(24,25)26)9-3-12(18)11-7-20-17(19)21-13(11)4-9/h3-8,22-23H,1-2H3,(H2,19,20,21)(H2,24,25,26). The Balaban J connectivity index is 2.27. The summed E-state index contributed by atoms with van der Waals surface area (Å²) in [6.45, 7) is 3.39. The second-order valence-electron chi connectivity index (χ2n) is 6.59. The third kappa shape index (κ3) is 5.02. The molecular formula is C17H18FN3O7P2. The summed E-state index contributed by atoms with van der Waals surface area (Å²) in [6.07, 6.45) is 1.24. The summed E-state index contributed by atoms with van der Waals surface area (Å²) in [5, 5.41) is 0.129. The van der Waals surface area contributed by atoms with Crippen LogP contribution in [0.2, 0.25) is 0 Å². The Morgan fingerprint density at radius 1 is 1.13 bits per heavy atom. The van der Waals surface area contributed by atoms with Gasteiger partial charge in [-0.3, -0.25) is 9.79 Å². The topological polar surface area (TPSA) is 168 Å². The van der Waals surface area contributed by atoms with Gasteiger partial charge >= 0.3 is 16.4 Å². The van der Waals surface area contributed by atoms with Crippen LogP contribution < -0.4 is 14.8 Å². The highest BCUT2D eigenvalue weighted by molar-refractivity contribution is 7.46. The number of halogens is 1. The molecule has 0 saturated carbocycles. The molecule has 0 atom stereocenters. The van der Waals surface area contributed by atoms with Crippen molar-refractivity contribution in [2.24, 2.45) is 0 Å². The third-order valence-electron chi connectivity index (χ3n) is 4.08. The highest BCUT2D eigenvalue weighted by Crippen LogP contribution is 2.48. The van der Waals surface area contributed by atoms with E-state index < -0.39 is 22.2 Å². The predicted molar refractivity (Wildman–Crippen MR) is 108 cm³/mol. The van der Waals surface area contributed by atoms with Crippen LogP contribution in [0.25, 0.3) is 22.0 Å². The molecule has 0 aliphatic heterocycles. The van der Waals surface area contributed by atoms with Gasteiger partial charge in [-0.2, -0.15) is 0 Å². The molecule has 0 bridgehead atoms. The molecule has 0 unspecified atom stereocenters. The fourth-order valence-corrected chi connectivity index (χ4v) is 3.71. The number of hydrogen-bond donors (Lipinski definition) is 5. The monoisotopic (exact) mass is 457 g/mol. The molecule has 3 aromatic rings. The van der Waals surface area contributed by atoms with Crippen molar-refractivity contribution in [2.45, 2.75) is 19.8 Å². The lowest BCUT2D eigenvalue weighted by atomic mass is 9.96. The number of nitrogen functional groups attached to an aromatic ring is 1. The van der Waals surface area contributed by atoms with Crippen LogP contribution in [-0.2, 0) is 4.57 Å². The van der Waals surface area contributed by atoms with Crippen molar-refractivity contribution < 1.29 is 37.6 Å². The number of phosphoric ester groups is 1. The van der Waals surface area contributed by atoms with Crippen molar-refractivity contribution in [3.05, 3.63) is 41.8 Å². The molecule has 13 heteroatoms. The largest absolute Gasteiger partial charge is 0.524 e. The first kappa shape index (κ1) is 22.3. The van der Waals surface area contributed by atoms with Crippen molar-refractivity contribution in [2.75, 3.05) is 5.73 Å². The summed E-state index contributed by atoms with van der Waals surface area (Å²) in [5.41, 5.74) is 6.46. The highest BCUT2D eigenvalue weighted by atomic mass is 31.2. The molecule has 2 aromatic carbocycles. The van der Waals surface area contributed by atoms with E-state index in [9.17, 15) is 28.5 Å². The number of fused-ring (bicyclic) bond motifs is 1. The maximum Gasteiger partial charge on any atom is 0.524 e. The first-order valence-corrected chi connectivity index (χ1v) is 11.1. The predicted octanol–water partition coefficient (Wildman–Crippen LogP) is 3.20. The first-order chi connectivity index (χ1) is 13.9. The first-order valence-electron chi connectivity index (χ1n) is 8.45. The van der Waals surface area contributed by atoms with E-state index in [4.69, 9.17) is 14.8 Å². The van der Waals surface area contributed by atoms with Crippen LogP contribution in [0.4, 0.5) is 10.3 Å². The van der Waals surface area contributed by atoms with Crippen LogP contribution in [0.5, 0.6) is 11.5 Å². The molecule has 1 heterocycles. The number of rotatable bonds is 6. The zero-order chi connectivity index (χ0) is 22.2.